The van der Waals surface area contributed by atoms with Crippen LogP contribution < -0.4 is 15.4 Å². The molecule has 0 radical (unpaired) electrons. The first-order chi connectivity index (χ1) is 16.5. The molecule has 1 saturated heterocycles. The average molecular weight is 479 g/mol. The van der Waals surface area contributed by atoms with E-state index >= 15 is 0 Å². The highest BCUT2D eigenvalue weighted by molar-refractivity contribution is 6.30. The van der Waals surface area contributed by atoms with E-state index in [9.17, 15) is 4.79 Å². The van der Waals surface area contributed by atoms with Gasteiger partial charge in [-0.3, -0.25) is 9.69 Å². The molecule has 1 aliphatic rings. The second-order valence-electron chi connectivity index (χ2n) is 8.67. The lowest BCUT2D eigenvalue weighted by Gasteiger charge is -2.36. The number of amides is 1. The zero-order valence-corrected chi connectivity index (χ0v) is 20.4. The Kier molecular flexibility index (Phi) is 8.03. The first-order valence-corrected chi connectivity index (χ1v) is 12.0. The van der Waals surface area contributed by atoms with E-state index in [-0.39, 0.29) is 5.91 Å². The monoisotopic (exact) mass is 478 g/mol. The summed E-state index contributed by atoms with van der Waals surface area (Å²) in [6, 6.07) is 19.7. The van der Waals surface area contributed by atoms with E-state index in [1.165, 1.54) is 11.8 Å². The van der Waals surface area contributed by atoms with Gasteiger partial charge in [-0.2, -0.15) is 0 Å². The standard InChI is InChI=1S/C27H31ClN4O2/c1-19(21-7-10-23(34-2)11-8-21)32-15-13-20(14-16-32)17-29-25-6-4-3-5-24(25)27(33)31-26-12-9-22(28)18-30-26/h3-12,18-20,29H,13-17H2,1-2H3,(H,30,31,33). The van der Waals surface area contributed by atoms with Crippen molar-refractivity contribution in [2.24, 2.45) is 5.92 Å². The largest absolute Gasteiger partial charge is 0.497 e. The average Bonchev–Trinajstić information content (AvgIpc) is 2.89. The Labute approximate surface area is 206 Å². The minimum Gasteiger partial charge on any atom is -0.497 e. The summed E-state index contributed by atoms with van der Waals surface area (Å²) in [5.41, 5.74) is 2.75. The van der Waals surface area contributed by atoms with Gasteiger partial charge in [0, 0.05) is 24.5 Å². The van der Waals surface area contributed by atoms with E-state index in [0.717, 1.165) is 43.9 Å². The molecule has 1 unspecified atom stereocenters. The topological polar surface area (TPSA) is 66.5 Å². The number of rotatable bonds is 8. The summed E-state index contributed by atoms with van der Waals surface area (Å²) in [4.78, 5) is 19.5. The van der Waals surface area contributed by atoms with Crippen LogP contribution >= 0.6 is 11.6 Å². The van der Waals surface area contributed by atoms with Crippen LogP contribution in [0.4, 0.5) is 11.5 Å². The van der Waals surface area contributed by atoms with Crippen LogP contribution in [-0.2, 0) is 0 Å². The van der Waals surface area contributed by atoms with Crippen molar-refractivity contribution in [3.8, 4) is 5.75 Å². The Morgan fingerprint density at radius 2 is 1.85 bits per heavy atom. The zero-order valence-electron chi connectivity index (χ0n) is 19.6. The molecule has 0 spiro atoms. The van der Waals surface area contributed by atoms with Gasteiger partial charge in [0.25, 0.3) is 5.91 Å². The molecule has 1 aliphatic heterocycles. The van der Waals surface area contributed by atoms with Gasteiger partial charge in [-0.25, -0.2) is 4.98 Å². The number of nitrogens with one attached hydrogen (secondary N) is 2. The number of anilines is 2. The SMILES string of the molecule is COc1ccc(C(C)N2CCC(CNc3ccccc3C(=O)Nc3ccc(Cl)cn3)CC2)cc1. The number of pyridine rings is 1. The number of piperidine rings is 1. The molecule has 0 aliphatic carbocycles. The smallest absolute Gasteiger partial charge is 0.258 e. The van der Waals surface area contributed by atoms with Crippen molar-refractivity contribution in [1.29, 1.82) is 0 Å². The maximum Gasteiger partial charge on any atom is 0.258 e. The number of likely N-dealkylation sites (tertiary alicyclic amines) is 1. The molecule has 7 heteroatoms. The number of hydrogen-bond acceptors (Lipinski definition) is 5. The van der Waals surface area contributed by atoms with Gasteiger partial charge in [-0.1, -0.05) is 35.9 Å². The maximum absolute atomic E-state index is 12.8. The van der Waals surface area contributed by atoms with Crippen molar-refractivity contribution in [2.75, 3.05) is 37.4 Å². The second kappa shape index (κ2) is 11.4. The highest BCUT2D eigenvalue weighted by Gasteiger charge is 2.24. The number of halogens is 1. The fraction of sp³-hybridized carbons (Fsp3) is 0.333. The molecule has 178 valence electrons. The highest BCUT2D eigenvalue weighted by Crippen LogP contribution is 2.28. The van der Waals surface area contributed by atoms with Gasteiger partial charge in [0.05, 0.1) is 17.7 Å². The summed E-state index contributed by atoms with van der Waals surface area (Å²) in [5.74, 6) is 1.73. The fourth-order valence-corrected chi connectivity index (χ4v) is 4.47. The van der Waals surface area contributed by atoms with Crippen LogP contribution in [0.15, 0.2) is 66.9 Å². The Morgan fingerprint density at radius 1 is 1.12 bits per heavy atom. The van der Waals surface area contributed by atoms with Crippen LogP contribution in [-0.4, -0.2) is 42.5 Å². The van der Waals surface area contributed by atoms with Crippen LogP contribution in [0.25, 0.3) is 0 Å². The van der Waals surface area contributed by atoms with Crippen LogP contribution in [0.3, 0.4) is 0 Å². The third-order valence-corrected chi connectivity index (χ3v) is 6.74. The van der Waals surface area contributed by atoms with Gasteiger partial charge in [0.2, 0.25) is 0 Å². The van der Waals surface area contributed by atoms with Gasteiger partial charge < -0.3 is 15.4 Å². The lowest BCUT2D eigenvalue weighted by atomic mass is 9.94. The quantitative estimate of drug-likeness (QED) is 0.423. The summed E-state index contributed by atoms with van der Waals surface area (Å²) in [5, 5.41) is 6.89. The number of para-hydroxylation sites is 1. The van der Waals surface area contributed by atoms with Crippen LogP contribution in [0.1, 0.15) is 41.7 Å². The molecule has 1 amide bonds. The van der Waals surface area contributed by atoms with Gasteiger partial charge >= 0.3 is 0 Å². The molecule has 2 heterocycles. The molecule has 2 N–H and O–H groups in total. The molecular formula is C27H31ClN4O2. The van der Waals surface area contributed by atoms with Crippen LogP contribution in [0.5, 0.6) is 5.75 Å². The number of ether oxygens (including phenoxy) is 1. The first kappa shape index (κ1) is 24.0. The summed E-state index contributed by atoms with van der Waals surface area (Å²) in [7, 11) is 1.69. The minimum atomic E-state index is -0.193. The van der Waals surface area contributed by atoms with Crippen molar-refractivity contribution >= 4 is 29.0 Å². The number of aromatic nitrogens is 1. The van der Waals surface area contributed by atoms with Crippen molar-refractivity contribution in [2.45, 2.75) is 25.8 Å². The molecule has 1 aromatic heterocycles. The molecule has 1 fully saturated rings. The van der Waals surface area contributed by atoms with E-state index in [1.54, 1.807) is 19.2 Å². The Balaban J connectivity index is 1.30. The molecule has 34 heavy (non-hydrogen) atoms. The number of benzene rings is 2. The lowest BCUT2D eigenvalue weighted by molar-refractivity contribution is 0.102. The Morgan fingerprint density at radius 3 is 2.53 bits per heavy atom. The van der Waals surface area contributed by atoms with E-state index in [4.69, 9.17) is 16.3 Å². The molecule has 0 saturated carbocycles. The maximum atomic E-state index is 12.8. The third kappa shape index (κ3) is 6.07. The minimum absolute atomic E-state index is 0.193. The van der Waals surface area contributed by atoms with Crippen LogP contribution in [0, 0.1) is 5.92 Å². The number of methoxy groups -OCH3 is 1. The predicted octanol–water partition coefficient (Wildman–Crippen LogP) is 5.88. The van der Waals surface area contributed by atoms with Gasteiger partial charge in [0.1, 0.15) is 11.6 Å². The first-order valence-electron chi connectivity index (χ1n) is 11.7. The van der Waals surface area contributed by atoms with E-state index in [2.05, 4.69) is 39.6 Å². The molecule has 2 aromatic carbocycles. The van der Waals surface area contributed by atoms with Crippen molar-refractivity contribution in [1.82, 2.24) is 9.88 Å². The normalized spacial score (nSPS) is 15.5. The van der Waals surface area contributed by atoms with Crippen LogP contribution in [0.2, 0.25) is 5.02 Å². The van der Waals surface area contributed by atoms with E-state index in [1.807, 2.05) is 36.4 Å². The molecule has 0 bridgehead atoms. The third-order valence-electron chi connectivity index (χ3n) is 6.52. The number of hydrogen-bond donors (Lipinski definition) is 2. The summed E-state index contributed by atoms with van der Waals surface area (Å²) < 4.78 is 5.28. The lowest BCUT2D eigenvalue weighted by Crippen LogP contribution is -2.37. The van der Waals surface area contributed by atoms with Crippen molar-refractivity contribution in [3.63, 3.8) is 0 Å². The zero-order chi connectivity index (χ0) is 23.9. The number of nitrogens with zero attached hydrogens (tertiary/aromatic N) is 2. The van der Waals surface area contributed by atoms with Gasteiger partial charge in [-0.15, -0.1) is 0 Å². The molecule has 1 atom stereocenters. The van der Waals surface area contributed by atoms with E-state index in [0.29, 0.717) is 28.4 Å². The van der Waals surface area contributed by atoms with E-state index < -0.39 is 0 Å². The van der Waals surface area contributed by atoms with Gasteiger partial charge in [-0.05, 0) is 80.7 Å². The summed E-state index contributed by atoms with van der Waals surface area (Å²) in [6.45, 7) is 5.23. The second-order valence-corrected chi connectivity index (χ2v) is 9.11. The Hall–Kier alpha value is -3.09. The number of carbonyl (C=O) groups excluding carboxylic acids is 1. The molecular weight excluding hydrogens is 448 g/mol. The Bertz CT molecular complexity index is 1080. The summed E-state index contributed by atoms with van der Waals surface area (Å²) in [6.07, 6.45) is 3.76. The molecule has 6 nitrogen and oxygen atoms in total. The summed E-state index contributed by atoms with van der Waals surface area (Å²) >= 11 is 5.88. The van der Waals surface area contributed by atoms with Crippen molar-refractivity contribution in [3.05, 3.63) is 83.0 Å². The number of carbonyl (C=O) groups is 1. The fourth-order valence-electron chi connectivity index (χ4n) is 4.36. The molecule has 4 rings (SSSR count). The van der Waals surface area contributed by atoms with Gasteiger partial charge in [0.15, 0.2) is 0 Å². The van der Waals surface area contributed by atoms with Crippen molar-refractivity contribution < 1.29 is 9.53 Å². The molecule has 3 aromatic rings. The predicted molar refractivity (Wildman–Crippen MR) is 138 cm³/mol. The highest BCUT2D eigenvalue weighted by atomic mass is 35.5.